The minimum Gasteiger partial charge on any atom is -0.507 e. The number of ketones is 1. The van der Waals surface area contributed by atoms with Crippen molar-refractivity contribution in [3.05, 3.63) is 106 Å². The maximum absolute atomic E-state index is 13.3. The highest BCUT2D eigenvalue weighted by Crippen LogP contribution is 2.37. The van der Waals surface area contributed by atoms with Crippen LogP contribution in [0.25, 0.3) is 6.08 Å². The lowest BCUT2D eigenvalue weighted by Crippen LogP contribution is -2.09. The minimum absolute atomic E-state index is 0.0970. The predicted octanol–water partition coefficient (Wildman–Crippen LogP) is 6.94. The van der Waals surface area contributed by atoms with Gasteiger partial charge in [0.2, 0.25) is 0 Å². The zero-order valence-corrected chi connectivity index (χ0v) is 23.8. The number of phenolic OH excluding ortho intramolecular Hbond substituents is 1. The van der Waals surface area contributed by atoms with Crippen LogP contribution in [0, 0.1) is 0 Å². The Bertz CT molecular complexity index is 1460. The first-order valence-corrected chi connectivity index (χ1v) is 12.9. The lowest BCUT2D eigenvalue weighted by Gasteiger charge is -2.17. The van der Waals surface area contributed by atoms with Gasteiger partial charge in [-0.2, -0.15) is 0 Å². The predicted molar refractivity (Wildman–Crippen MR) is 156 cm³/mol. The zero-order chi connectivity index (χ0) is 29.2. The van der Waals surface area contributed by atoms with Crippen molar-refractivity contribution in [3.63, 3.8) is 0 Å². The molecule has 7 heteroatoms. The number of carbonyl (C=O) groups excluding carboxylic acids is 2. The molecule has 0 fully saturated rings. The first-order chi connectivity index (χ1) is 19.1. The Balaban J connectivity index is 1.92. The fourth-order valence-electron chi connectivity index (χ4n) is 3.95. The van der Waals surface area contributed by atoms with Crippen molar-refractivity contribution in [1.29, 1.82) is 0 Å². The van der Waals surface area contributed by atoms with Crippen molar-refractivity contribution in [2.45, 2.75) is 40.5 Å². The molecule has 0 atom stereocenters. The van der Waals surface area contributed by atoms with Crippen molar-refractivity contribution in [2.24, 2.45) is 0 Å². The van der Waals surface area contributed by atoms with Crippen LogP contribution in [0.15, 0.2) is 78.2 Å². The van der Waals surface area contributed by atoms with Gasteiger partial charge in [0.1, 0.15) is 11.5 Å². The maximum Gasteiger partial charge on any atom is 0.345 e. The second-order valence-corrected chi connectivity index (χ2v) is 9.65. The van der Waals surface area contributed by atoms with Crippen LogP contribution < -0.4 is 14.2 Å². The molecule has 208 valence electrons. The molecule has 7 nitrogen and oxygen atoms in total. The molecule has 40 heavy (non-hydrogen) atoms. The van der Waals surface area contributed by atoms with Crippen molar-refractivity contribution < 1.29 is 28.9 Å². The third-order valence-corrected chi connectivity index (χ3v) is 6.05. The number of esters is 1. The van der Waals surface area contributed by atoms with Gasteiger partial charge >= 0.3 is 5.97 Å². The van der Waals surface area contributed by atoms with Gasteiger partial charge in [-0.3, -0.25) is 9.78 Å². The smallest absolute Gasteiger partial charge is 0.345 e. The maximum atomic E-state index is 13.3. The fourth-order valence-corrected chi connectivity index (χ4v) is 3.95. The van der Waals surface area contributed by atoms with Gasteiger partial charge < -0.3 is 19.3 Å². The molecule has 0 saturated carbocycles. The number of pyridine rings is 1. The van der Waals surface area contributed by atoms with Crippen molar-refractivity contribution >= 4 is 17.8 Å². The quantitative estimate of drug-likeness (QED) is 0.0924. The van der Waals surface area contributed by atoms with Crippen LogP contribution in [0.2, 0.25) is 0 Å². The van der Waals surface area contributed by atoms with E-state index in [0.717, 1.165) is 16.7 Å². The molecule has 0 aliphatic carbocycles. The summed E-state index contributed by atoms with van der Waals surface area (Å²) < 4.78 is 16.5. The molecule has 1 heterocycles. The van der Waals surface area contributed by atoms with Crippen molar-refractivity contribution in [3.8, 4) is 23.0 Å². The molecule has 3 aromatic rings. The molecule has 0 radical (unpaired) electrons. The monoisotopic (exact) mass is 541 g/mol. The third kappa shape index (κ3) is 7.69. The summed E-state index contributed by atoms with van der Waals surface area (Å²) in [6.07, 6.45) is 11.0. The highest BCUT2D eigenvalue weighted by Gasteiger charge is 2.21. The number of aromatic nitrogens is 1. The Hall–Kier alpha value is -4.65. The number of ether oxygens (including phenoxy) is 3. The fraction of sp³-hybridized carbons (Fsp3) is 0.242. The molecule has 2 aromatic carbocycles. The first-order valence-electron chi connectivity index (χ1n) is 12.9. The van der Waals surface area contributed by atoms with E-state index < -0.39 is 5.97 Å². The number of methoxy groups -OCH3 is 2. The molecule has 0 saturated heterocycles. The van der Waals surface area contributed by atoms with Gasteiger partial charge in [-0.15, -0.1) is 0 Å². The average molecular weight is 542 g/mol. The number of allylic oxidation sites excluding steroid dienone is 5. The lowest BCUT2D eigenvalue weighted by atomic mass is 9.94. The summed E-state index contributed by atoms with van der Waals surface area (Å²) in [5.41, 5.74) is 4.77. The summed E-state index contributed by atoms with van der Waals surface area (Å²) in [7, 11) is 3.03. The summed E-state index contributed by atoms with van der Waals surface area (Å²) >= 11 is 0. The van der Waals surface area contributed by atoms with Crippen LogP contribution in [-0.2, 0) is 12.8 Å². The topological polar surface area (TPSA) is 95.0 Å². The highest BCUT2D eigenvalue weighted by atomic mass is 16.6. The normalized spacial score (nSPS) is 10.7. The van der Waals surface area contributed by atoms with Crippen LogP contribution in [0.5, 0.6) is 23.0 Å². The van der Waals surface area contributed by atoms with Crippen LogP contribution in [-0.4, -0.2) is 36.1 Å². The molecule has 0 bridgehead atoms. The number of carbonyl (C=O) groups is 2. The molecule has 0 aliphatic rings. The van der Waals surface area contributed by atoms with Gasteiger partial charge in [-0.05, 0) is 88.1 Å². The third-order valence-electron chi connectivity index (χ3n) is 6.05. The van der Waals surface area contributed by atoms with Gasteiger partial charge in [0.15, 0.2) is 17.3 Å². The van der Waals surface area contributed by atoms with E-state index in [1.54, 1.807) is 55.8 Å². The van der Waals surface area contributed by atoms with Gasteiger partial charge in [0.05, 0.1) is 25.3 Å². The molecule has 3 rings (SSSR count). The number of benzene rings is 2. The first kappa shape index (κ1) is 29.9. The van der Waals surface area contributed by atoms with Crippen molar-refractivity contribution in [1.82, 2.24) is 4.98 Å². The van der Waals surface area contributed by atoms with Crippen LogP contribution in [0.3, 0.4) is 0 Å². The van der Waals surface area contributed by atoms with Gasteiger partial charge in [-0.1, -0.05) is 35.4 Å². The molecule has 1 N–H and O–H groups in total. The number of nitrogens with zero attached hydrogens (tertiary/aromatic N) is 1. The van der Waals surface area contributed by atoms with E-state index in [0.29, 0.717) is 41.0 Å². The molecule has 0 aliphatic heterocycles. The summed E-state index contributed by atoms with van der Waals surface area (Å²) in [6, 6.07) is 9.89. The molecular formula is C33H35NO6. The molecule has 1 aromatic heterocycles. The Morgan fingerprint density at radius 3 is 2.27 bits per heavy atom. The van der Waals surface area contributed by atoms with E-state index >= 15 is 0 Å². The second-order valence-electron chi connectivity index (χ2n) is 9.65. The van der Waals surface area contributed by atoms with E-state index in [-0.39, 0.29) is 22.8 Å². The Kier molecular flexibility index (Phi) is 10.4. The Morgan fingerprint density at radius 1 is 0.925 bits per heavy atom. The van der Waals surface area contributed by atoms with E-state index in [4.69, 9.17) is 14.2 Å². The number of hydrogen-bond acceptors (Lipinski definition) is 7. The lowest BCUT2D eigenvalue weighted by molar-refractivity contribution is 0.0729. The van der Waals surface area contributed by atoms with E-state index in [9.17, 15) is 14.7 Å². The van der Waals surface area contributed by atoms with Gasteiger partial charge in [0.25, 0.3) is 0 Å². The molecular weight excluding hydrogens is 506 g/mol. The number of rotatable bonds is 11. The number of aromatic hydroxyl groups is 1. The van der Waals surface area contributed by atoms with Crippen LogP contribution in [0.1, 0.15) is 65.1 Å². The summed E-state index contributed by atoms with van der Waals surface area (Å²) in [5, 5.41) is 11.1. The highest BCUT2D eigenvalue weighted by molar-refractivity contribution is 6.09. The van der Waals surface area contributed by atoms with Gasteiger partial charge in [-0.25, -0.2) is 4.79 Å². The average Bonchev–Trinajstić information content (AvgIpc) is 2.94. The minimum atomic E-state index is -0.562. The summed E-state index contributed by atoms with van der Waals surface area (Å²) in [5.74, 6) is 0.123. The Labute approximate surface area is 235 Å². The van der Waals surface area contributed by atoms with E-state index in [1.807, 2.05) is 33.8 Å². The van der Waals surface area contributed by atoms with E-state index in [1.165, 1.54) is 19.4 Å². The largest absolute Gasteiger partial charge is 0.507 e. The standard InChI is InChI=1S/C33H35NO6/c1-21(2)9-13-24-19-27(31(36)26(32(24)39-6)14-10-22(3)4)28(35)15-11-23-12-16-29(30(18-23)38-5)40-33(37)25-8-7-17-34-20-25/h7-12,15-20,36H,13-14H2,1-6H3/b15-11+. The second kappa shape index (κ2) is 13.9. The van der Waals surface area contributed by atoms with Crippen LogP contribution in [0.4, 0.5) is 0 Å². The molecule has 0 spiro atoms. The van der Waals surface area contributed by atoms with Crippen molar-refractivity contribution in [2.75, 3.05) is 14.2 Å². The number of hydrogen-bond donors (Lipinski definition) is 1. The SMILES string of the molecule is COc1cc(/C=C/C(=O)c2cc(CC=C(C)C)c(OC)c(CC=C(C)C)c2O)ccc1OC(=O)c1cccnc1. The van der Waals surface area contributed by atoms with E-state index in [2.05, 4.69) is 11.1 Å². The summed E-state index contributed by atoms with van der Waals surface area (Å²) in [6.45, 7) is 7.96. The summed E-state index contributed by atoms with van der Waals surface area (Å²) in [4.78, 5) is 29.7. The Morgan fingerprint density at radius 2 is 1.65 bits per heavy atom. The molecule has 0 unspecified atom stereocenters. The number of phenols is 1. The van der Waals surface area contributed by atoms with Gasteiger partial charge in [0, 0.05) is 18.0 Å². The van der Waals surface area contributed by atoms with Crippen LogP contribution >= 0.6 is 0 Å². The zero-order valence-electron chi connectivity index (χ0n) is 23.8. The molecule has 0 amide bonds.